The van der Waals surface area contributed by atoms with Gasteiger partial charge in [0.1, 0.15) is 17.1 Å². The van der Waals surface area contributed by atoms with Gasteiger partial charge in [-0.15, -0.1) is 0 Å². The number of hydrogen-bond acceptors (Lipinski definition) is 4. The number of piperidine rings is 1. The van der Waals surface area contributed by atoms with Crippen molar-refractivity contribution in [2.24, 2.45) is 0 Å². The van der Waals surface area contributed by atoms with Crippen molar-refractivity contribution >= 4 is 0 Å². The second-order valence-electron chi connectivity index (χ2n) is 7.15. The van der Waals surface area contributed by atoms with Crippen LogP contribution in [0.15, 0.2) is 48.5 Å². The van der Waals surface area contributed by atoms with Crippen LogP contribution in [-0.2, 0) is 5.60 Å². The average Bonchev–Trinajstić information content (AvgIpc) is 2.70. The van der Waals surface area contributed by atoms with E-state index in [9.17, 15) is 5.11 Å². The van der Waals surface area contributed by atoms with Gasteiger partial charge >= 0.3 is 0 Å². The lowest BCUT2D eigenvalue weighted by Crippen LogP contribution is -2.42. The number of hydrogen-bond donors (Lipinski definition) is 1. The molecule has 2 aromatic rings. The zero-order valence-corrected chi connectivity index (χ0v) is 15.9. The molecule has 0 spiro atoms. The van der Waals surface area contributed by atoms with Crippen LogP contribution in [0.5, 0.6) is 11.5 Å². The summed E-state index contributed by atoms with van der Waals surface area (Å²) in [4.78, 5) is 2.38. The Bertz CT molecular complexity index is 649. The third kappa shape index (κ3) is 3.87. The third-order valence-electron chi connectivity index (χ3n) is 5.59. The van der Waals surface area contributed by atoms with Gasteiger partial charge in [0.2, 0.25) is 0 Å². The highest BCUT2D eigenvalue weighted by Gasteiger charge is 2.36. The average molecular weight is 355 g/mol. The highest BCUT2D eigenvalue weighted by Crippen LogP contribution is 2.38. The molecule has 3 rings (SSSR count). The Morgan fingerprint density at radius 1 is 0.923 bits per heavy atom. The molecule has 0 radical (unpaired) electrons. The first-order valence-corrected chi connectivity index (χ1v) is 9.28. The maximum absolute atomic E-state index is 11.8. The summed E-state index contributed by atoms with van der Waals surface area (Å²) in [6, 6.07) is 15.9. The molecule has 0 aliphatic carbocycles. The lowest BCUT2D eigenvalue weighted by atomic mass is 9.79. The van der Waals surface area contributed by atoms with Gasteiger partial charge in [0, 0.05) is 12.5 Å². The second-order valence-corrected chi connectivity index (χ2v) is 7.15. The summed E-state index contributed by atoms with van der Waals surface area (Å²) in [7, 11) is 5.47. The highest BCUT2D eigenvalue weighted by atomic mass is 16.5. The van der Waals surface area contributed by atoms with Crippen molar-refractivity contribution in [3.8, 4) is 11.5 Å². The van der Waals surface area contributed by atoms with E-state index < -0.39 is 5.60 Å². The fourth-order valence-corrected chi connectivity index (χ4v) is 3.88. The summed E-state index contributed by atoms with van der Waals surface area (Å²) in [6.07, 6.45) is 4.24. The molecule has 4 nitrogen and oxygen atoms in total. The molecule has 1 aliphatic heterocycles. The molecule has 26 heavy (non-hydrogen) atoms. The van der Waals surface area contributed by atoms with E-state index >= 15 is 0 Å². The summed E-state index contributed by atoms with van der Waals surface area (Å²) in [5, 5.41) is 11.8. The van der Waals surface area contributed by atoms with Crippen LogP contribution in [0.2, 0.25) is 0 Å². The standard InChI is InChI=1S/C22H29NO3/c1-23-15-5-4-6-19(23)16-22(24,17-7-11-20(25-2)12-8-17)18-9-13-21(26-3)14-10-18/h7-14,19,24H,4-6,15-16H2,1-3H3. The van der Waals surface area contributed by atoms with E-state index in [1.54, 1.807) is 14.2 Å². The summed E-state index contributed by atoms with van der Waals surface area (Å²) in [5.74, 6) is 1.58. The van der Waals surface area contributed by atoms with Crippen molar-refractivity contribution in [3.63, 3.8) is 0 Å². The Labute approximate surface area is 156 Å². The van der Waals surface area contributed by atoms with Gasteiger partial charge in [-0.25, -0.2) is 0 Å². The SMILES string of the molecule is COc1ccc(C(O)(CC2CCCCN2C)c2ccc(OC)cc2)cc1. The lowest BCUT2D eigenvalue weighted by Gasteiger charge is -2.39. The largest absolute Gasteiger partial charge is 0.497 e. The Kier molecular flexibility index (Phi) is 5.84. The van der Waals surface area contributed by atoms with E-state index in [1.807, 2.05) is 48.5 Å². The fourth-order valence-electron chi connectivity index (χ4n) is 3.88. The molecule has 1 unspecified atom stereocenters. The number of aliphatic hydroxyl groups is 1. The predicted octanol–water partition coefficient (Wildman–Crippen LogP) is 3.81. The molecule has 0 bridgehead atoms. The Hall–Kier alpha value is -2.04. The predicted molar refractivity (Wildman–Crippen MR) is 104 cm³/mol. The molecule has 4 heteroatoms. The molecule has 1 aliphatic rings. The number of rotatable bonds is 6. The first kappa shape index (κ1) is 18.7. The van der Waals surface area contributed by atoms with Crippen LogP contribution in [0, 0.1) is 0 Å². The van der Waals surface area contributed by atoms with E-state index in [0.29, 0.717) is 12.5 Å². The van der Waals surface area contributed by atoms with Crippen molar-refractivity contribution in [1.29, 1.82) is 0 Å². The first-order chi connectivity index (χ1) is 12.6. The second kappa shape index (κ2) is 8.11. The fraction of sp³-hybridized carbons (Fsp3) is 0.455. The number of methoxy groups -OCH3 is 2. The summed E-state index contributed by atoms with van der Waals surface area (Å²) >= 11 is 0. The quantitative estimate of drug-likeness (QED) is 0.855. The van der Waals surface area contributed by atoms with Crippen LogP contribution in [0.3, 0.4) is 0 Å². The molecule has 1 N–H and O–H groups in total. The molecule has 1 saturated heterocycles. The minimum atomic E-state index is -1.05. The molecule has 0 saturated carbocycles. The zero-order valence-electron chi connectivity index (χ0n) is 15.9. The molecular formula is C22H29NO3. The summed E-state index contributed by atoms with van der Waals surface area (Å²) in [5.41, 5.74) is 0.735. The van der Waals surface area contributed by atoms with Crippen molar-refractivity contribution in [2.75, 3.05) is 27.8 Å². The van der Waals surface area contributed by atoms with Crippen LogP contribution in [0.25, 0.3) is 0 Å². The van der Waals surface area contributed by atoms with Crippen LogP contribution in [0.1, 0.15) is 36.8 Å². The minimum Gasteiger partial charge on any atom is -0.497 e. The molecule has 0 amide bonds. The maximum atomic E-state index is 11.8. The minimum absolute atomic E-state index is 0.359. The Morgan fingerprint density at radius 3 is 1.85 bits per heavy atom. The van der Waals surface area contributed by atoms with Gasteiger partial charge in [0.15, 0.2) is 0 Å². The van der Waals surface area contributed by atoms with Crippen molar-refractivity contribution in [3.05, 3.63) is 59.7 Å². The molecular weight excluding hydrogens is 326 g/mol. The van der Waals surface area contributed by atoms with E-state index in [4.69, 9.17) is 9.47 Å². The van der Waals surface area contributed by atoms with Crippen LogP contribution < -0.4 is 9.47 Å². The summed E-state index contributed by atoms with van der Waals surface area (Å²) < 4.78 is 10.6. The van der Waals surface area contributed by atoms with E-state index in [1.165, 1.54) is 12.8 Å². The molecule has 140 valence electrons. The van der Waals surface area contributed by atoms with Gasteiger partial charge in [-0.1, -0.05) is 30.7 Å². The third-order valence-corrected chi connectivity index (χ3v) is 5.59. The van der Waals surface area contributed by atoms with Crippen molar-refractivity contribution in [2.45, 2.75) is 37.3 Å². The number of benzene rings is 2. The van der Waals surface area contributed by atoms with Crippen LogP contribution in [-0.4, -0.2) is 43.9 Å². The van der Waals surface area contributed by atoms with Gasteiger partial charge in [-0.2, -0.15) is 0 Å². The van der Waals surface area contributed by atoms with E-state index in [0.717, 1.165) is 35.6 Å². The maximum Gasteiger partial charge on any atom is 0.118 e. The summed E-state index contributed by atoms with van der Waals surface area (Å²) in [6.45, 7) is 1.09. The Balaban J connectivity index is 1.98. The smallest absolute Gasteiger partial charge is 0.118 e. The van der Waals surface area contributed by atoms with E-state index in [-0.39, 0.29) is 0 Å². The monoisotopic (exact) mass is 355 g/mol. The van der Waals surface area contributed by atoms with Gasteiger partial charge < -0.3 is 19.5 Å². The van der Waals surface area contributed by atoms with Crippen molar-refractivity contribution < 1.29 is 14.6 Å². The lowest BCUT2D eigenvalue weighted by molar-refractivity contribution is 0.0285. The zero-order chi connectivity index (χ0) is 18.6. The first-order valence-electron chi connectivity index (χ1n) is 9.28. The van der Waals surface area contributed by atoms with Gasteiger partial charge in [0.25, 0.3) is 0 Å². The Morgan fingerprint density at radius 2 is 1.42 bits per heavy atom. The topological polar surface area (TPSA) is 41.9 Å². The molecule has 1 heterocycles. The molecule has 2 aromatic carbocycles. The van der Waals surface area contributed by atoms with Gasteiger partial charge in [-0.3, -0.25) is 0 Å². The van der Waals surface area contributed by atoms with Gasteiger partial charge in [0.05, 0.1) is 14.2 Å². The number of likely N-dealkylation sites (tertiary alicyclic amines) is 1. The molecule has 1 atom stereocenters. The normalized spacial score (nSPS) is 18.5. The number of ether oxygens (including phenoxy) is 2. The van der Waals surface area contributed by atoms with Crippen LogP contribution in [0.4, 0.5) is 0 Å². The van der Waals surface area contributed by atoms with Crippen LogP contribution >= 0.6 is 0 Å². The number of nitrogens with zero attached hydrogens (tertiary/aromatic N) is 1. The molecule has 0 aromatic heterocycles. The van der Waals surface area contributed by atoms with Crippen molar-refractivity contribution in [1.82, 2.24) is 4.90 Å². The van der Waals surface area contributed by atoms with Gasteiger partial charge in [-0.05, 0) is 61.8 Å². The molecule has 1 fully saturated rings. The van der Waals surface area contributed by atoms with E-state index in [2.05, 4.69) is 11.9 Å². The highest BCUT2D eigenvalue weighted by molar-refractivity contribution is 5.41.